The van der Waals surface area contributed by atoms with Crippen LogP contribution in [0.25, 0.3) is 5.69 Å². The summed E-state index contributed by atoms with van der Waals surface area (Å²) in [4.78, 5) is 0. The van der Waals surface area contributed by atoms with Crippen molar-refractivity contribution in [1.82, 2.24) is 0 Å². The Morgan fingerprint density at radius 3 is 1.85 bits per heavy atom. The maximum Gasteiger partial charge on any atom is 0.210 e. The standard InChI is InChI=1S/C11H10N.Li.H/c1-3-7-11(8-4-1)12-9-5-2-6-10-12;;/h1-10H;;/q+1;;. The first-order chi connectivity index (χ1) is 5.97. The summed E-state index contributed by atoms with van der Waals surface area (Å²) < 4.78 is 2.08. The second kappa shape index (κ2) is 4.86. The van der Waals surface area contributed by atoms with Crippen LogP contribution in [0.2, 0.25) is 0 Å². The minimum absolute atomic E-state index is 0. The summed E-state index contributed by atoms with van der Waals surface area (Å²) in [7, 11) is 0. The summed E-state index contributed by atoms with van der Waals surface area (Å²) in [6.07, 6.45) is 4.07. The largest absolute Gasteiger partial charge is 0.210 e. The Balaban J connectivity index is 0.000000845. The molecule has 1 nitrogen and oxygen atoms in total. The molecule has 2 rings (SSSR count). The maximum atomic E-state index is 2.08. The molecule has 0 N–H and O–H groups in total. The average molecular weight is 164 g/mol. The molecule has 60 valence electrons. The Morgan fingerprint density at radius 2 is 1.23 bits per heavy atom. The van der Waals surface area contributed by atoms with Crippen molar-refractivity contribution in [3.05, 3.63) is 60.9 Å². The van der Waals surface area contributed by atoms with Gasteiger partial charge in [-0.15, -0.1) is 0 Å². The number of nitrogens with zero attached hydrogens (tertiary/aromatic N) is 1. The average Bonchev–Trinajstić information content (AvgIpc) is 2.21. The normalized spacial score (nSPS) is 8.92. The van der Waals surface area contributed by atoms with Gasteiger partial charge in [0, 0.05) is 24.3 Å². The number of benzene rings is 1. The third-order valence-corrected chi connectivity index (χ3v) is 1.77. The van der Waals surface area contributed by atoms with Crippen LogP contribution in [-0.4, -0.2) is 18.9 Å². The quantitative estimate of drug-likeness (QED) is 0.442. The molecule has 1 aromatic heterocycles. The monoisotopic (exact) mass is 164 g/mol. The Labute approximate surface area is 90.2 Å². The summed E-state index contributed by atoms with van der Waals surface area (Å²) in [5.41, 5.74) is 1.19. The zero-order valence-electron chi connectivity index (χ0n) is 6.72. The van der Waals surface area contributed by atoms with Gasteiger partial charge in [0.25, 0.3) is 0 Å². The van der Waals surface area contributed by atoms with E-state index in [1.807, 2.05) is 48.8 Å². The second-order valence-electron chi connectivity index (χ2n) is 2.62. The summed E-state index contributed by atoms with van der Waals surface area (Å²) in [5.74, 6) is 0. The zero-order chi connectivity index (χ0) is 8.23. The third kappa shape index (κ3) is 2.45. The molecule has 0 aliphatic heterocycles. The predicted molar refractivity (Wildman–Crippen MR) is 55.1 cm³/mol. The van der Waals surface area contributed by atoms with Gasteiger partial charge in [-0.05, 0) is 0 Å². The molecule has 0 saturated carbocycles. The van der Waals surface area contributed by atoms with E-state index in [-0.39, 0.29) is 18.9 Å². The summed E-state index contributed by atoms with van der Waals surface area (Å²) in [6, 6.07) is 16.3. The van der Waals surface area contributed by atoms with Gasteiger partial charge >= 0.3 is 18.9 Å². The fourth-order valence-corrected chi connectivity index (χ4v) is 1.17. The number of hydrogen-bond donors (Lipinski definition) is 0. The molecule has 1 aromatic carbocycles. The van der Waals surface area contributed by atoms with Gasteiger partial charge in [-0.3, -0.25) is 0 Å². The van der Waals surface area contributed by atoms with Crippen molar-refractivity contribution in [2.45, 2.75) is 0 Å². The van der Waals surface area contributed by atoms with E-state index in [1.165, 1.54) is 5.69 Å². The molecule has 0 atom stereocenters. The van der Waals surface area contributed by atoms with E-state index in [1.54, 1.807) is 0 Å². The Kier molecular flexibility index (Phi) is 3.76. The van der Waals surface area contributed by atoms with Crippen molar-refractivity contribution in [1.29, 1.82) is 0 Å². The van der Waals surface area contributed by atoms with E-state index in [0.29, 0.717) is 0 Å². The van der Waals surface area contributed by atoms with Crippen molar-refractivity contribution >= 4 is 18.9 Å². The minimum atomic E-state index is 0. The van der Waals surface area contributed by atoms with Crippen LogP contribution in [0.4, 0.5) is 0 Å². The smallest absolute Gasteiger partial charge is 0.167 e. The molecule has 0 unspecified atom stereocenters. The Hall–Kier alpha value is -1.03. The van der Waals surface area contributed by atoms with Crippen molar-refractivity contribution in [3.8, 4) is 5.69 Å². The molecule has 0 spiro atoms. The molecule has 0 aliphatic rings. The van der Waals surface area contributed by atoms with Crippen LogP contribution in [0, 0.1) is 0 Å². The van der Waals surface area contributed by atoms with Gasteiger partial charge in [0.1, 0.15) is 0 Å². The number of hydrogen-bond acceptors (Lipinski definition) is 0. The van der Waals surface area contributed by atoms with Gasteiger partial charge in [0.15, 0.2) is 12.4 Å². The van der Waals surface area contributed by atoms with Crippen LogP contribution in [-0.2, 0) is 0 Å². The molecule has 0 fully saturated rings. The topological polar surface area (TPSA) is 3.88 Å². The molecule has 13 heavy (non-hydrogen) atoms. The summed E-state index contributed by atoms with van der Waals surface area (Å²) >= 11 is 0. The van der Waals surface area contributed by atoms with Gasteiger partial charge in [0.05, 0.1) is 0 Å². The number of aromatic nitrogens is 1. The van der Waals surface area contributed by atoms with Crippen LogP contribution >= 0.6 is 0 Å². The number of pyridine rings is 1. The van der Waals surface area contributed by atoms with E-state index in [4.69, 9.17) is 0 Å². The van der Waals surface area contributed by atoms with E-state index in [2.05, 4.69) is 16.7 Å². The fraction of sp³-hybridized carbons (Fsp3) is 0. The van der Waals surface area contributed by atoms with Gasteiger partial charge in [0.2, 0.25) is 5.69 Å². The number of rotatable bonds is 1. The van der Waals surface area contributed by atoms with Crippen molar-refractivity contribution in [2.75, 3.05) is 0 Å². The first-order valence-electron chi connectivity index (χ1n) is 3.98. The van der Waals surface area contributed by atoms with E-state index in [0.717, 1.165) is 0 Å². The number of para-hydroxylation sites is 1. The molecule has 0 bridgehead atoms. The van der Waals surface area contributed by atoms with Crippen molar-refractivity contribution in [3.63, 3.8) is 0 Å². The minimum Gasteiger partial charge on any atom is -0.167 e. The molecule has 0 aliphatic carbocycles. The summed E-state index contributed by atoms with van der Waals surface area (Å²) in [6.45, 7) is 0. The second-order valence-corrected chi connectivity index (χ2v) is 2.62. The van der Waals surface area contributed by atoms with Crippen LogP contribution in [0.15, 0.2) is 60.9 Å². The Bertz CT molecular complexity index is 307. The molecule has 0 saturated heterocycles. The first-order valence-corrected chi connectivity index (χ1v) is 3.98. The van der Waals surface area contributed by atoms with Crippen LogP contribution in [0.3, 0.4) is 0 Å². The van der Waals surface area contributed by atoms with E-state index >= 15 is 0 Å². The van der Waals surface area contributed by atoms with E-state index in [9.17, 15) is 0 Å². The molecule has 2 heteroatoms. The first kappa shape index (κ1) is 10.1. The van der Waals surface area contributed by atoms with Gasteiger partial charge in [-0.25, -0.2) is 0 Å². The van der Waals surface area contributed by atoms with Gasteiger partial charge < -0.3 is 0 Å². The molecular formula is C11H11LiN+. The SMILES string of the molecule is [LiH].c1ccc(-[n+]2ccccc2)cc1. The molecule has 0 amide bonds. The van der Waals surface area contributed by atoms with Gasteiger partial charge in [-0.2, -0.15) is 4.57 Å². The van der Waals surface area contributed by atoms with Crippen molar-refractivity contribution < 1.29 is 4.57 Å². The molecule has 1 heterocycles. The Morgan fingerprint density at radius 1 is 0.692 bits per heavy atom. The zero-order valence-corrected chi connectivity index (χ0v) is 6.72. The molecule has 2 aromatic rings. The maximum absolute atomic E-state index is 2.08. The summed E-state index contributed by atoms with van der Waals surface area (Å²) in [5, 5.41) is 0. The van der Waals surface area contributed by atoms with Gasteiger partial charge in [-0.1, -0.05) is 24.3 Å². The fourth-order valence-electron chi connectivity index (χ4n) is 1.17. The van der Waals surface area contributed by atoms with Crippen molar-refractivity contribution in [2.24, 2.45) is 0 Å². The van der Waals surface area contributed by atoms with Crippen LogP contribution in [0.1, 0.15) is 0 Å². The molecular weight excluding hydrogens is 153 g/mol. The van der Waals surface area contributed by atoms with E-state index < -0.39 is 0 Å². The van der Waals surface area contributed by atoms with Crippen LogP contribution in [0.5, 0.6) is 0 Å². The molecule has 0 radical (unpaired) electrons. The third-order valence-electron chi connectivity index (χ3n) is 1.77. The predicted octanol–water partition coefficient (Wildman–Crippen LogP) is 1.31. The van der Waals surface area contributed by atoms with Crippen LogP contribution < -0.4 is 4.57 Å².